The first-order valence-electron chi connectivity index (χ1n) is 7.49. The van der Waals surface area contributed by atoms with Crippen LogP contribution < -0.4 is 5.73 Å². The second-order valence-electron chi connectivity index (χ2n) is 5.45. The summed E-state index contributed by atoms with van der Waals surface area (Å²) in [5.74, 6) is 2.20. The summed E-state index contributed by atoms with van der Waals surface area (Å²) in [5, 5.41) is 4.21. The molecule has 0 radical (unpaired) electrons. The van der Waals surface area contributed by atoms with Gasteiger partial charge in [-0.15, -0.1) is 0 Å². The molecule has 0 aliphatic heterocycles. The summed E-state index contributed by atoms with van der Waals surface area (Å²) in [7, 11) is 0. The van der Waals surface area contributed by atoms with Gasteiger partial charge in [0.2, 0.25) is 0 Å². The Labute approximate surface area is 115 Å². The van der Waals surface area contributed by atoms with Crippen molar-refractivity contribution in [1.29, 1.82) is 0 Å². The van der Waals surface area contributed by atoms with Gasteiger partial charge in [0.25, 0.3) is 0 Å². The number of nitrogens with zero attached hydrogens (tertiary/aromatic N) is 3. The maximum Gasteiger partial charge on any atom is 0.152 e. The van der Waals surface area contributed by atoms with E-state index in [1.807, 2.05) is 4.68 Å². The van der Waals surface area contributed by atoms with E-state index < -0.39 is 0 Å². The van der Waals surface area contributed by atoms with E-state index in [0.29, 0.717) is 18.4 Å². The van der Waals surface area contributed by atoms with Crippen LogP contribution in [0.5, 0.6) is 0 Å². The molecule has 0 spiro atoms. The number of aromatic nitrogens is 3. The minimum atomic E-state index is 0.563. The maximum atomic E-state index is 5.86. The molecule has 2 atom stereocenters. The summed E-state index contributed by atoms with van der Waals surface area (Å²) < 4.78 is 7.79. The maximum absolute atomic E-state index is 5.86. The minimum absolute atomic E-state index is 0.563. The second kappa shape index (κ2) is 7.60. The van der Waals surface area contributed by atoms with Gasteiger partial charge in [0.05, 0.1) is 6.61 Å². The van der Waals surface area contributed by atoms with Crippen LogP contribution in [0.2, 0.25) is 0 Å². The Kier molecular flexibility index (Phi) is 5.79. The molecular formula is C14H26N4O. The molecule has 1 aliphatic rings. The second-order valence-corrected chi connectivity index (χ2v) is 5.45. The molecule has 108 valence electrons. The van der Waals surface area contributed by atoms with Crippen molar-refractivity contribution >= 4 is 0 Å². The van der Waals surface area contributed by atoms with Crippen molar-refractivity contribution < 1.29 is 4.74 Å². The van der Waals surface area contributed by atoms with Gasteiger partial charge in [0.15, 0.2) is 5.82 Å². The molecule has 1 saturated carbocycles. The van der Waals surface area contributed by atoms with E-state index >= 15 is 0 Å². The molecule has 1 aromatic rings. The van der Waals surface area contributed by atoms with Gasteiger partial charge in [-0.2, -0.15) is 5.10 Å². The van der Waals surface area contributed by atoms with Crippen LogP contribution in [-0.4, -0.2) is 27.9 Å². The lowest BCUT2D eigenvalue weighted by molar-refractivity contribution is 0.0463. The molecule has 2 N–H and O–H groups in total. The van der Waals surface area contributed by atoms with Crippen molar-refractivity contribution in [2.45, 2.75) is 52.2 Å². The summed E-state index contributed by atoms with van der Waals surface area (Å²) >= 11 is 0. The molecule has 1 aromatic heterocycles. The fourth-order valence-electron chi connectivity index (χ4n) is 2.91. The lowest BCUT2D eigenvalue weighted by atomic mass is 9.80. The Morgan fingerprint density at radius 1 is 1.37 bits per heavy atom. The molecule has 0 bridgehead atoms. The van der Waals surface area contributed by atoms with Gasteiger partial charge in [-0.3, -0.25) is 0 Å². The van der Waals surface area contributed by atoms with Gasteiger partial charge in [-0.1, -0.05) is 19.8 Å². The number of aryl methyl sites for hydroxylation is 1. The molecule has 0 saturated heterocycles. The molecule has 1 aliphatic carbocycles. The molecular weight excluding hydrogens is 240 g/mol. The van der Waals surface area contributed by atoms with Gasteiger partial charge in [0, 0.05) is 6.54 Å². The van der Waals surface area contributed by atoms with Crippen molar-refractivity contribution in [3.05, 3.63) is 12.2 Å². The van der Waals surface area contributed by atoms with Crippen LogP contribution in [0.3, 0.4) is 0 Å². The first-order chi connectivity index (χ1) is 9.35. The van der Waals surface area contributed by atoms with Crippen molar-refractivity contribution in [1.82, 2.24) is 14.8 Å². The number of ether oxygens (including phenoxy) is 1. The Bertz CT molecular complexity index is 366. The standard InChI is InChI=1S/C14H26N4O/c1-2-7-18-14(16-11-17-18)10-19-9-13-6-4-3-5-12(13)8-15/h11-13H,2-10,15H2,1H3. The minimum Gasteiger partial charge on any atom is -0.373 e. The monoisotopic (exact) mass is 266 g/mol. The van der Waals surface area contributed by atoms with Crippen LogP contribution in [0.1, 0.15) is 44.9 Å². The zero-order valence-electron chi connectivity index (χ0n) is 11.9. The van der Waals surface area contributed by atoms with Crippen molar-refractivity contribution in [2.24, 2.45) is 17.6 Å². The van der Waals surface area contributed by atoms with Crippen LogP contribution in [0.25, 0.3) is 0 Å². The van der Waals surface area contributed by atoms with E-state index in [-0.39, 0.29) is 0 Å². The first kappa shape index (κ1) is 14.5. The van der Waals surface area contributed by atoms with Crippen LogP contribution >= 0.6 is 0 Å². The Morgan fingerprint density at radius 2 is 2.16 bits per heavy atom. The van der Waals surface area contributed by atoms with Gasteiger partial charge < -0.3 is 10.5 Å². The van der Waals surface area contributed by atoms with Crippen LogP contribution in [0, 0.1) is 11.8 Å². The molecule has 1 fully saturated rings. The highest BCUT2D eigenvalue weighted by atomic mass is 16.5. The SMILES string of the molecule is CCCn1ncnc1COCC1CCCCC1CN. The van der Waals surface area contributed by atoms with Crippen molar-refractivity contribution in [3.63, 3.8) is 0 Å². The number of rotatable bonds is 7. The third-order valence-corrected chi connectivity index (χ3v) is 4.06. The Hall–Kier alpha value is -0.940. The smallest absolute Gasteiger partial charge is 0.152 e. The summed E-state index contributed by atoms with van der Waals surface area (Å²) in [4.78, 5) is 4.26. The van der Waals surface area contributed by atoms with Crippen molar-refractivity contribution in [2.75, 3.05) is 13.2 Å². The molecule has 2 rings (SSSR count). The van der Waals surface area contributed by atoms with E-state index in [1.54, 1.807) is 6.33 Å². The number of hydrogen-bond donors (Lipinski definition) is 1. The highest BCUT2D eigenvalue weighted by Gasteiger charge is 2.24. The van der Waals surface area contributed by atoms with Gasteiger partial charge in [-0.25, -0.2) is 9.67 Å². The first-order valence-corrected chi connectivity index (χ1v) is 7.49. The summed E-state index contributed by atoms with van der Waals surface area (Å²) in [5.41, 5.74) is 5.84. The zero-order chi connectivity index (χ0) is 13.5. The predicted molar refractivity (Wildman–Crippen MR) is 74.5 cm³/mol. The average molecular weight is 266 g/mol. The topological polar surface area (TPSA) is 66.0 Å². The van der Waals surface area contributed by atoms with Crippen LogP contribution in [0.4, 0.5) is 0 Å². The number of hydrogen-bond acceptors (Lipinski definition) is 4. The number of nitrogens with two attached hydrogens (primary N) is 1. The van der Waals surface area contributed by atoms with Gasteiger partial charge in [0.1, 0.15) is 12.9 Å². The van der Waals surface area contributed by atoms with Gasteiger partial charge in [-0.05, 0) is 37.6 Å². The fraction of sp³-hybridized carbons (Fsp3) is 0.857. The largest absolute Gasteiger partial charge is 0.373 e. The average Bonchev–Trinajstić information content (AvgIpc) is 2.87. The highest BCUT2D eigenvalue weighted by molar-refractivity contribution is 4.82. The lowest BCUT2D eigenvalue weighted by Gasteiger charge is -2.30. The molecule has 2 unspecified atom stereocenters. The highest BCUT2D eigenvalue weighted by Crippen LogP contribution is 2.29. The fourth-order valence-corrected chi connectivity index (χ4v) is 2.91. The summed E-state index contributed by atoms with van der Waals surface area (Å²) in [6.07, 6.45) is 7.83. The molecule has 1 heterocycles. The predicted octanol–water partition coefficient (Wildman–Crippen LogP) is 1.97. The van der Waals surface area contributed by atoms with E-state index in [0.717, 1.165) is 31.9 Å². The van der Waals surface area contributed by atoms with E-state index in [4.69, 9.17) is 10.5 Å². The third-order valence-electron chi connectivity index (χ3n) is 4.06. The van der Waals surface area contributed by atoms with E-state index in [9.17, 15) is 0 Å². The summed E-state index contributed by atoms with van der Waals surface area (Å²) in [6, 6.07) is 0. The van der Waals surface area contributed by atoms with E-state index in [2.05, 4.69) is 17.0 Å². The van der Waals surface area contributed by atoms with Crippen LogP contribution in [0.15, 0.2) is 6.33 Å². The van der Waals surface area contributed by atoms with E-state index in [1.165, 1.54) is 25.7 Å². The zero-order valence-corrected chi connectivity index (χ0v) is 11.9. The molecule has 0 amide bonds. The Morgan fingerprint density at radius 3 is 2.89 bits per heavy atom. The molecule has 0 aromatic carbocycles. The Balaban J connectivity index is 1.77. The van der Waals surface area contributed by atoms with Crippen LogP contribution in [-0.2, 0) is 17.9 Å². The molecule has 5 heteroatoms. The molecule has 19 heavy (non-hydrogen) atoms. The van der Waals surface area contributed by atoms with Gasteiger partial charge >= 0.3 is 0 Å². The normalized spacial score (nSPS) is 23.7. The quantitative estimate of drug-likeness (QED) is 0.819. The molecule has 5 nitrogen and oxygen atoms in total. The third kappa shape index (κ3) is 4.01. The van der Waals surface area contributed by atoms with Crippen molar-refractivity contribution in [3.8, 4) is 0 Å². The summed E-state index contributed by atoms with van der Waals surface area (Å²) in [6.45, 7) is 5.21. The lowest BCUT2D eigenvalue weighted by Crippen LogP contribution is -2.30.